The number of carbonyl (C=O) groups is 1. The Hall–Kier alpha value is -3.16. The lowest BCUT2D eigenvalue weighted by atomic mass is 9.99. The molecule has 0 saturated carbocycles. The number of carbonyl (C=O) groups excluding carboxylic acids is 1. The summed E-state index contributed by atoms with van der Waals surface area (Å²) >= 11 is 6.92. The minimum Gasteiger partial charge on any atom is -0.366 e. The highest BCUT2D eigenvalue weighted by Crippen LogP contribution is 2.37. The van der Waals surface area contributed by atoms with Gasteiger partial charge in [0.15, 0.2) is 0 Å². The number of aromatic nitrogens is 1. The summed E-state index contributed by atoms with van der Waals surface area (Å²) in [4.78, 5) is 33.3. The molecule has 2 aromatic rings. The monoisotopic (exact) mass is 595 g/mol. The molecular weight excluding hydrogens is 558 g/mol. The van der Waals surface area contributed by atoms with E-state index in [1.165, 1.54) is 17.8 Å². The molecule has 1 aromatic heterocycles. The molecule has 1 aromatic carbocycles. The van der Waals surface area contributed by atoms with Crippen LogP contribution in [0.1, 0.15) is 63.1 Å². The van der Waals surface area contributed by atoms with Crippen LogP contribution in [-0.4, -0.2) is 52.4 Å². The van der Waals surface area contributed by atoms with Crippen LogP contribution in [0.4, 0.5) is 15.9 Å². The number of hydrogen-bond acceptors (Lipinski definition) is 7. The summed E-state index contributed by atoms with van der Waals surface area (Å²) in [6, 6.07) is 8.83. The van der Waals surface area contributed by atoms with Gasteiger partial charge in [-0.25, -0.2) is 4.39 Å². The smallest absolute Gasteiger partial charge is 0.270 e. The SMILES string of the molecule is CCCCC(CC)CN1C(=O)/C(=C/c2c(C)c(C#N)c(=O)n(CC)c2N2CCN(c3ccccc3F)CC2)SC1=S. The second kappa shape index (κ2) is 13.7. The second-order valence-corrected chi connectivity index (χ2v) is 12.2. The highest BCUT2D eigenvalue weighted by Gasteiger charge is 2.34. The lowest BCUT2D eigenvalue weighted by Gasteiger charge is -2.39. The third-order valence-electron chi connectivity index (χ3n) is 8.07. The fourth-order valence-electron chi connectivity index (χ4n) is 5.61. The van der Waals surface area contributed by atoms with Crippen molar-refractivity contribution < 1.29 is 9.18 Å². The zero-order valence-electron chi connectivity index (χ0n) is 24.3. The Morgan fingerprint density at radius 1 is 1.12 bits per heavy atom. The predicted molar refractivity (Wildman–Crippen MR) is 170 cm³/mol. The first kappa shape index (κ1) is 30.8. The van der Waals surface area contributed by atoms with Crippen LogP contribution < -0.4 is 15.4 Å². The first-order valence-electron chi connectivity index (χ1n) is 14.4. The van der Waals surface area contributed by atoms with Crippen LogP contribution in [0.5, 0.6) is 0 Å². The van der Waals surface area contributed by atoms with Crippen molar-refractivity contribution in [3.63, 3.8) is 0 Å². The first-order chi connectivity index (χ1) is 19.7. The van der Waals surface area contributed by atoms with E-state index < -0.39 is 0 Å². The van der Waals surface area contributed by atoms with Crippen LogP contribution in [0, 0.1) is 30.0 Å². The van der Waals surface area contributed by atoms with Crippen molar-refractivity contribution in [3.05, 3.63) is 62.0 Å². The number of piperazine rings is 1. The number of hydrogen-bond donors (Lipinski definition) is 0. The van der Waals surface area contributed by atoms with Crippen LogP contribution in [0.2, 0.25) is 0 Å². The third-order valence-corrected chi connectivity index (χ3v) is 9.45. The normalized spacial score (nSPS) is 17.5. The second-order valence-electron chi connectivity index (χ2n) is 10.5. The van der Waals surface area contributed by atoms with Crippen molar-refractivity contribution >= 4 is 51.8 Å². The summed E-state index contributed by atoms with van der Waals surface area (Å²) in [5, 5.41) is 9.88. The van der Waals surface area contributed by atoms with Crippen molar-refractivity contribution in [1.82, 2.24) is 9.47 Å². The third kappa shape index (κ3) is 6.36. The number of nitriles is 1. The number of benzene rings is 1. The van der Waals surface area contributed by atoms with Gasteiger partial charge in [0.2, 0.25) is 0 Å². The average Bonchev–Trinajstić information content (AvgIpc) is 3.24. The standard InChI is InChI=1S/C31H38FN5O2S2/c1-5-8-11-22(6-2)20-37-30(39)27(41-31(37)40)18-23-21(4)24(19-33)29(38)36(7-3)28(23)35-16-14-34(15-17-35)26-13-10-9-12-25(26)32/h9-10,12-13,18,22H,5-8,11,14-17,20H2,1-4H3/b27-18-. The molecule has 1 atom stereocenters. The minimum absolute atomic E-state index is 0.0768. The highest BCUT2D eigenvalue weighted by molar-refractivity contribution is 8.26. The molecule has 7 nitrogen and oxygen atoms in total. The van der Waals surface area contributed by atoms with E-state index >= 15 is 0 Å². The van der Waals surface area contributed by atoms with E-state index in [1.807, 2.05) is 24.0 Å². The number of unbranched alkanes of at least 4 members (excludes halogenated alkanes) is 1. The van der Waals surface area contributed by atoms with E-state index in [-0.39, 0.29) is 22.8 Å². The Kier molecular flexibility index (Phi) is 10.3. The molecule has 1 unspecified atom stereocenters. The summed E-state index contributed by atoms with van der Waals surface area (Å²) < 4.78 is 16.6. The van der Waals surface area contributed by atoms with E-state index in [4.69, 9.17) is 12.2 Å². The summed E-state index contributed by atoms with van der Waals surface area (Å²) in [5.41, 5.74) is 1.52. The van der Waals surface area contributed by atoms with E-state index in [9.17, 15) is 19.2 Å². The van der Waals surface area contributed by atoms with Crippen molar-refractivity contribution in [2.75, 3.05) is 42.5 Å². The van der Waals surface area contributed by atoms with Gasteiger partial charge in [-0.3, -0.25) is 19.1 Å². The topological polar surface area (TPSA) is 72.6 Å². The zero-order valence-corrected chi connectivity index (χ0v) is 25.9. The van der Waals surface area contributed by atoms with Crippen LogP contribution in [0.3, 0.4) is 0 Å². The van der Waals surface area contributed by atoms with Crippen molar-refractivity contribution in [3.8, 4) is 6.07 Å². The number of thiocarbonyl (C=S) groups is 1. The Morgan fingerprint density at radius 2 is 1.80 bits per heavy atom. The highest BCUT2D eigenvalue weighted by atomic mass is 32.2. The maximum Gasteiger partial charge on any atom is 0.270 e. The molecule has 2 aliphatic heterocycles. The number of amides is 1. The number of para-hydroxylation sites is 1. The summed E-state index contributed by atoms with van der Waals surface area (Å²) in [7, 11) is 0. The van der Waals surface area contributed by atoms with Crippen LogP contribution in [0.15, 0.2) is 34.0 Å². The maximum absolute atomic E-state index is 14.5. The Labute approximate surface area is 251 Å². The Morgan fingerprint density at radius 3 is 2.41 bits per heavy atom. The average molecular weight is 596 g/mol. The van der Waals surface area contributed by atoms with E-state index in [0.717, 1.165) is 25.7 Å². The predicted octanol–water partition coefficient (Wildman–Crippen LogP) is 5.93. The molecule has 0 aliphatic carbocycles. The molecule has 0 bridgehead atoms. The number of thioether (sulfide) groups is 1. The first-order valence-corrected chi connectivity index (χ1v) is 15.6. The molecule has 1 amide bonds. The number of anilines is 2. The van der Waals surface area contributed by atoms with Gasteiger partial charge < -0.3 is 9.80 Å². The van der Waals surface area contributed by atoms with E-state index in [2.05, 4.69) is 24.8 Å². The number of nitrogens with zero attached hydrogens (tertiary/aromatic N) is 5. The molecule has 0 radical (unpaired) electrons. The van der Waals surface area contributed by atoms with Gasteiger partial charge in [0, 0.05) is 44.8 Å². The fourth-order valence-corrected chi connectivity index (χ4v) is 6.87. The van der Waals surface area contributed by atoms with Crippen LogP contribution in [0.25, 0.3) is 6.08 Å². The van der Waals surface area contributed by atoms with Gasteiger partial charge in [-0.2, -0.15) is 5.26 Å². The molecule has 2 fully saturated rings. The molecule has 2 saturated heterocycles. The molecule has 0 spiro atoms. The van der Waals surface area contributed by atoms with E-state index in [0.29, 0.717) is 77.0 Å². The summed E-state index contributed by atoms with van der Waals surface area (Å²) in [6.45, 7) is 11.2. The number of halogens is 1. The van der Waals surface area contributed by atoms with Crippen molar-refractivity contribution in [2.45, 2.75) is 59.9 Å². The van der Waals surface area contributed by atoms with Gasteiger partial charge >= 0.3 is 0 Å². The molecule has 10 heteroatoms. The quantitative estimate of drug-likeness (QED) is 0.249. The molecule has 218 valence electrons. The fraction of sp³-hybridized carbons (Fsp3) is 0.484. The molecule has 41 heavy (non-hydrogen) atoms. The lowest BCUT2D eigenvalue weighted by Crippen LogP contribution is -2.49. The van der Waals surface area contributed by atoms with Crippen molar-refractivity contribution in [1.29, 1.82) is 5.26 Å². The maximum atomic E-state index is 14.5. The van der Waals surface area contributed by atoms with Gasteiger partial charge in [0.1, 0.15) is 27.6 Å². The molecular formula is C31H38FN5O2S2. The minimum atomic E-state index is -0.342. The summed E-state index contributed by atoms with van der Waals surface area (Å²) in [6.07, 6.45) is 6.07. The van der Waals surface area contributed by atoms with Gasteiger partial charge in [0.25, 0.3) is 11.5 Å². The molecule has 2 aliphatic rings. The van der Waals surface area contributed by atoms with Gasteiger partial charge in [0.05, 0.1) is 10.6 Å². The van der Waals surface area contributed by atoms with Gasteiger partial charge in [-0.15, -0.1) is 0 Å². The number of pyridine rings is 1. The molecule has 3 heterocycles. The number of rotatable bonds is 10. The Bertz CT molecular complexity index is 1440. The van der Waals surface area contributed by atoms with E-state index in [1.54, 1.807) is 28.5 Å². The van der Waals surface area contributed by atoms with Gasteiger partial charge in [-0.1, -0.05) is 69.2 Å². The lowest BCUT2D eigenvalue weighted by molar-refractivity contribution is -0.122. The van der Waals surface area contributed by atoms with Crippen LogP contribution in [-0.2, 0) is 11.3 Å². The van der Waals surface area contributed by atoms with Crippen LogP contribution >= 0.6 is 24.0 Å². The molecule has 4 rings (SSSR count). The molecule has 0 N–H and O–H groups in total. The largest absolute Gasteiger partial charge is 0.366 e. The Balaban J connectivity index is 1.71. The zero-order chi connectivity index (χ0) is 29.7. The van der Waals surface area contributed by atoms with Crippen molar-refractivity contribution in [2.24, 2.45) is 5.92 Å². The summed E-state index contributed by atoms with van der Waals surface area (Å²) in [5.74, 6) is 0.676. The van der Waals surface area contributed by atoms with Gasteiger partial charge in [-0.05, 0) is 50.0 Å².